The van der Waals surface area contributed by atoms with Gasteiger partial charge in [-0.1, -0.05) is 71.7 Å². The molecule has 3 rings (SSSR count). The molecule has 0 saturated heterocycles. The van der Waals surface area contributed by atoms with Crippen molar-refractivity contribution in [3.8, 4) is 6.07 Å². The number of hydrogen-bond donors (Lipinski definition) is 1. The Hall–Kier alpha value is -2.89. The van der Waals surface area contributed by atoms with E-state index in [9.17, 15) is 13.2 Å². The molecule has 3 aromatic carbocycles. The van der Waals surface area contributed by atoms with Gasteiger partial charge in [-0.05, 0) is 41.8 Å². The first-order valence-electron chi connectivity index (χ1n) is 9.46. The van der Waals surface area contributed by atoms with Crippen molar-refractivity contribution in [1.82, 2.24) is 4.72 Å². The molecule has 0 bridgehead atoms. The molecule has 0 fully saturated rings. The molecule has 32 heavy (non-hydrogen) atoms. The molecule has 0 amide bonds. The number of hydrogen-bond acceptors (Lipinski definition) is 5. The van der Waals surface area contributed by atoms with Crippen LogP contribution in [0.5, 0.6) is 0 Å². The predicted molar refractivity (Wildman–Crippen MR) is 122 cm³/mol. The highest BCUT2D eigenvalue weighted by molar-refractivity contribution is 7.89. The fraction of sp³-hybridized carbons (Fsp3) is 0.130. The SMILES string of the molecule is N#Cc1ccc(COC(=O)[C@@H](Cc2ccccc2)NS(=O)(=O)c2c(Cl)cccc2Cl)cc1. The van der Waals surface area contributed by atoms with Crippen molar-refractivity contribution in [1.29, 1.82) is 5.26 Å². The quantitative estimate of drug-likeness (QED) is 0.470. The zero-order valence-electron chi connectivity index (χ0n) is 16.7. The average molecular weight is 489 g/mol. The van der Waals surface area contributed by atoms with Gasteiger partial charge >= 0.3 is 5.97 Å². The number of nitriles is 1. The normalized spacial score (nSPS) is 12.0. The van der Waals surface area contributed by atoms with Gasteiger partial charge in [0.2, 0.25) is 10.0 Å². The summed E-state index contributed by atoms with van der Waals surface area (Å²) in [6, 6.07) is 20.6. The van der Waals surface area contributed by atoms with Crippen LogP contribution in [0.1, 0.15) is 16.7 Å². The molecule has 0 aromatic heterocycles. The minimum Gasteiger partial charge on any atom is -0.460 e. The summed E-state index contributed by atoms with van der Waals surface area (Å²) in [4.78, 5) is 12.6. The number of rotatable bonds is 8. The minimum absolute atomic E-state index is 0.0607. The second-order valence-corrected chi connectivity index (χ2v) is 9.30. The van der Waals surface area contributed by atoms with Crippen molar-refractivity contribution in [3.63, 3.8) is 0 Å². The lowest BCUT2D eigenvalue weighted by molar-refractivity contribution is -0.147. The molecule has 0 heterocycles. The minimum atomic E-state index is -4.23. The van der Waals surface area contributed by atoms with E-state index in [0.717, 1.165) is 5.56 Å². The average Bonchev–Trinajstić information content (AvgIpc) is 2.77. The van der Waals surface area contributed by atoms with Gasteiger partial charge < -0.3 is 4.74 Å². The maximum absolute atomic E-state index is 13.0. The van der Waals surface area contributed by atoms with Crippen molar-refractivity contribution in [2.45, 2.75) is 24.0 Å². The lowest BCUT2D eigenvalue weighted by atomic mass is 10.1. The summed E-state index contributed by atoms with van der Waals surface area (Å²) < 4.78 is 33.8. The third-order valence-electron chi connectivity index (χ3n) is 4.52. The molecule has 3 aromatic rings. The fourth-order valence-corrected chi connectivity index (χ4v) is 5.27. The smallest absolute Gasteiger partial charge is 0.324 e. The summed E-state index contributed by atoms with van der Waals surface area (Å²) in [6.45, 7) is -0.0790. The molecular weight excluding hydrogens is 471 g/mol. The van der Waals surface area contributed by atoms with Crippen LogP contribution in [-0.4, -0.2) is 20.4 Å². The third kappa shape index (κ3) is 6.09. The van der Waals surface area contributed by atoms with Crippen molar-refractivity contribution < 1.29 is 17.9 Å². The Labute approximate surface area is 196 Å². The molecule has 0 radical (unpaired) electrons. The van der Waals surface area contributed by atoms with Crippen molar-refractivity contribution >= 4 is 39.2 Å². The number of nitrogens with one attached hydrogen (secondary N) is 1. The highest BCUT2D eigenvalue weighted by Gasteiger charge is 2.30. The molecule has 0 aliphatic rings. The van der Waals surface area contributed by atoms with Crippen molar-refractivity contribution in [3.05, 3.63) is 99.5 Å². The van der Waals surface area contributed by atoms with Gasteiger partial charge in [0.25, 0.3) is 0 Å². The van der Waals surface area contributed by atoms with Gasteiger partial charge in [0.05, 0.1) is 21.7 Å². The first-order valence-corrected chi connectivity index (χ1v) is 11.7. The van der Waals surface area contributed by atoms with Crippen LogP contribution in [0.3, 0.4) is 0 Å². The second kappa shape index (κ2) is 10.6. The van der Waals surface area contributed by atoms with E-state index < -0.39 is 22.0 Å². The van der Waals surface area contributed by atoms with Gasteiger partial charge in [-0.25, -0.2) is 8.42 Å². The van der Waals surface area contributed by atoms with E-state index >= 15 is 0 Å². The van der Waals surface area contributed by atoms with E-state index in [1.807, 2.05) is 12.1 Å². The monoisotopic (exact) mass is 488 g/mol. The zero-order valence-corrected chi connectivity index (χ0v) is 19.0. The standard InChI is InChI=1S/C23H18Cl2N2O4S/c24-19-7-4-8-20(25)22(19)32(29,30)27-21(13-16-5-2-1-3-6-16)23(28)31-15-18-11-9-17(14-26)10-12-18/h1-12,21,27H,13,15H2/t21-/m1/s1. The number of nitrogens with zero attached hydrogens (tertiary/aromatic N) is 1. The lowest BCUT2D eigenvalue weighted by Gasteiger charge is -2.19. The molecule has 9 heteroatoms. The van der Waals surface area contributed by atoms with Crippen molar-refractivity contribution in [2.75, 3.05) is 0 Å². The molecule has 0 aliphatic heterocycles. The van der Waals surface area contributed by atoms with Crippen LogP contribution in [0.15, 0.2) is 77.7 Å². The van der Waals surface area contributed by atoms with Gasteiger partial charge in [-0.2, -0.15) is 9.98 Å². The van der Waals surface area contributed by atoms with Crippen LogP contribution in [0, 0.1) is 11.3 Å². The van der Waals surface area contributed by atoms with Gasteiger partial charge in [-0.3, -0.25) is 4.79 Å². The Morgan fingerprint density at radius 2 is 1.56 bits per heavy atom. The fourth-order valence-electron chi connectivity index (χ4n) is 2.94. The zero-order chi connectivity index (χ0) is 23.1. The summed E-state index contributed by atoms with van der Waals surface area (Å²) >= 11 is 12.1. The van der Waals surface area contributed by atoms with E-state index in [2.05, 4.69) is 4.72 Å². The summed E-state index contributed by atoms with van der Waals surface area (Å²) in [5.74, 6) is -0.759. The molecule has 0 saturated carbocycles. The number of sulfonamides is 1. The van der Waals surface area contributed by atoms with Crippen LogP contribution in [0.4, 0.5) is 0 Å². The van der Waals surface area contributed by atoms with Crippen LogP contribution < -0.4 is 4.72 Å². The van der Waals surface area contributed by atoms with Crippen molar-refractivity contribution in [2.24, 2.45) is 0 Å². The van der Waals surface area contributed by atoms with E-state index in [1.165, 1.54) is 18.2 Å². The number of halogens is 2. The topological polar surface area (TPSA) is 96.3 Å². The summed E-state index contributed by atoms with van der Waals surface area (Å²) in [7, 11) is -4.23. The lowest BCUT2D eigenvalue weighted by Crippen LogP contribution is -2.43. The van der Waals surface area contributed by atoms with Crippen LogP contribution in [0.2, 0.25) is 10.0 Å². The largest absolute Gasteiger partial charge is 0.460 e. The van der Waals surface area contributed by atoms with Crippen LogP contribution >= 0.6 is 23.2 Å². The highest BCUT2D eigenvalue weighted by Crippen LogP contribution is 2.29. The number of esters is 1. The maximum Gasteiger partial charge on any atom is 0.324 e. The third-order valence-corrected chi connectivity index (χ3v) is 6.94. The number of carbonyl (C=O) groups excluding carboxylic acids is 1. The Bertz CT molecular complexity index is 1220. The van der Waals surface area contributed by atoms with Gasteiger partial charge in [0, 0.05) is 0 Å². The summed E-state index contributed by atoms with van der Waals surface area (Å²) in [5, 5.41) is 8.76. The first kappa shape index (κ1) is 23.8. The number of benzene rings is 3. The van der Waals surface area contributed by atoms with Gasteiger partial charge in [0.1, 0.15) is 17.5 Å². The molecule has 164 valence electrons. The second-order valence-electron chi connectivity index (χ2n) is 6.83. The maximum atomic E-state index is 13.0. The summed E-state index contributed by atoms with van der Waals surface area (Å²) in [6.07, 6.45) is 0.0638. The van der Waals surface area contributed by atoms with E-state index in [1.54, 1.807) is 48.5 Å². The molecular formula is C23H18Cl2N2O4S. The Morgan fingerprint density at radius 3 is 2.16 bits per heavy atom. The van der Waals surface area contributed by atoms with Crippen LogP contribution in [0.25, 0.3) is 0 Å². The number of ether oxygens (including phenoxy) is 1. The van der Waals surface area contributed by atoms with Gasteiger partial charge in [-0.15, -0.1) is 0 Å². The molecule has 0 unspecified atom stereocenters. The summed E-state index contributed by atoms with van der Waals surface area (Å²) in [5.41, 5.74) is 1.88. The Kier molecular flexibility index (Phi) is 7.89. The molecule has 1 atom stereocenters. The van der Waals surface area contributed by atoms with E-state index in [0.29, 0.717) is 11.1 Å². The highest BCUT2D eigenvalue weighted by atomic mass is 35.5. The Morgan fingerprint density at radius 1 is 0.938 bits per heavy atom. The molecule has 1 N–H and O–H groups in total. The molecule has 0 aliphatic carbocycles. The first-order chi connectivity index (χ1) is 15.3. The van der Waals surface area contributed by atoms with E-state index in [4.69, 9.17) is 33.2 Å². The van der Waals surface area contributed by atoms with Gasteiger partial charge in [0.15, 0.2) is 0 Å². The number of carbonyl (C=O) groups is 1. The van der Waals surface area contributed by atoms with E-state index in [-0.39, 0.29) is 28.0 Å². The molecule has 0 spiro atoms. The Balaban J connectivity index is 1.82. The predicted octanol–water partition coefficient (Wildman–Crippen LogP) is 4.50. The molecule has 6 nitrogen and oxygen atoms in total. The van der Waals surface area contributed by atoms with Crippen LogP contribution in [-0.2, 0) is 32.6 Å².